The smallest absolute Gasteiger partial charge is 0.242 e. The molecule has 1 aliphatic rings. The molecule has 1 heterocycles. The number of carbonyl (C=O) groups excluding carboxylic acids is 2. The van der Waals surface area contributed by atoms with Crippen molar-refractivity contribution in [1.82, 2.24) is 10.2 Å². The van der Waals surface area contributed by atoms with Crippen LogP contribution in [0.1, 0.15) is 6.42 Å². The van der Waals surface area contributed by atoms with Gasteiger partial charge in [-0.05, 0) is 0 Å². The Morgan fingerprint density at radius 1 is 1.71 bits per heavy atom. The van der Waals surface area contributed by atoms with Crippen molar-refractivity contribution in [2.45, 2.75) is 11.7 Å². The fraction of sp³-hybridized carbons (Fsp3) is 0.625. The monoisotopic (exact) mass is 215 g/mol. The molecule has 0 saturated carbocycles. The molecule has 0 aromatic rings. The van der Waals surface area contributed by atoms with Gasteiger partial charge >= 0.3 is 0 Å². The normalized spacial score (nSPS) is 24.5. The second-order valence-corrected chi connectivity index (χ2v) is 4.06. The van der Waals surface area contributed by atoms with Gasteiger partial charge in [0.1, 0.15) is 5.25 Å². The van der Waals surface area contributed by atoms with Crippen LogP contribution in [0.15, 0.2) is 4.99 Å². The van der Waals surface area contributed by atoms with Crippen LogP contribution in [-0.2, 0) is 9.59 Å². The fourth-order valence-electron chi connectivity index (χ4n) is 1.17. The second-order valence-electron chi connectivity index (χ2n) is 2.89. The zero-order valence-electron chi connectivity index (χ0n) is 8.40. The Morgan fingerprint density at radius 3 is 2.79 bits per heavy atom. The van der Waals surface area contributed by atoms with Crippen molar-refractivity contribution in [3.63, 3.8) is 0 Å². The van der Waals surface area contributed by atoms with Crippen LogP contribution in [0.4, 0.5) is 0 Å². The van der Waals surface area contributed by atoms with Crippen LogP contribution in [0.25, 0.3) is 0 Å². The molecule has 0 radical (unpaired) electrons. The highest BCUT2D eigenvalue weighted by atomic mass is 32.2. The lowest BCUT2D eigenvalue weighted by Crippen LogP contribution is -2.31. The molecular weight excluding hydrogens is 202 g/mol. The third kappa shape index (κ3) is 2.06. The molecule has 6 heteroatoms. The average Bonchev–Trinajstić information content (AvgIpc) is 2.45. The Balaban J connectivity index is 2.66. The van der Waals surface area contributed by atoms with Gasteiger partial charge in [-0.2, -0.15) is 0 Å². The minimum Gasteiger partial charge on any atom is -0.359 e. The lowest BCUT2D eigenvalue weighted by Gasteiger charge is -2.07. The molecule has 1 rings (SSSR count). The molecule has 1 aliphatic heterocycles. The van der Waals surface area contributed by atoms with Crippen molar-refractivity contribution in [3.8, 4) is 0 Å². The van der Waals surface area contributed by atoms with Gasteiger partial charge in [0.05, 0.1) is 0 Å². The number of hydrogen-bond donors (Lipinski definition) is 1. The van der Waals surface area contributed by atoms with Gasteiger partial charge in [-0.1, -0.05) is 11.8 Å². The van der Waals surface area contributed by atoms with Gasteiger partial charge in [-0.3, -0.25) is 19.5 Å². The molecule has 0 spiro atoms. The van der Waals surface area contributed by atoms with E-state index in [1.807, 2.05) is 0 Å². The number of amidine groups is 1. The van der Waals surface area contributed by atoms with E-state index in [4.69, 9.17) is 0 Å². The highest BCUT2D eigenvalue weighted by molar-refractivity contribution is 8.15. The minimum absolute atomic E-state index is 0.0563. The lowest BCUT2D eigenvalue weighted by molar-refractivity contribution is -0.128. The summed E-state index contributed by atoms with van der Waals surface area (Å²) in [6.07, 6.45) is 0.212. The number of rotatable bonds is 2. The van der Waals surface area contributed by atoms with Crippen LogP contribution in [0.2, 0.25) is 0 Å². The minimum atomic E-state index is -0.321. The van der Waals surface area contributed by atoms with Gasteiger partial charge in [0, 0.05) is 27.6 Å². The summed E-state index contributed by atoms with van der Waals surface area (Å²) >= 11 is 1.34. The zero-order chi connectivity index (χ0) is 10.7. The number of hydrogen-bond acceptors (Lipinski definition) is 4. The summed E-state index contributed by atoms with van der Waals surface area (Å²) in [5.74, 6) is -0.180. The molecule has 1 atom stereocenters. The van der Waals surface area contributed by atoms with E-state index in [1.54, 1.807) is 21.1 Å². The van der Waals surface area contributed by atoms with Gasteiger partial charge in [-0.15, -0.1) is 0 Å². The Labute approximate surface area is 86.9 Å². The molecule has 78 valence electrons. The molecule has 1 N–H and O–H groups in total. The molecule has 14 heavy (non-hydrogen) atoms. The number of carbonyl (C=O) groups is 2. The van der Waals surface area contributed by atoms with Crippen molar-refractivity contribution < 1.29 is 9.59 Å². The van der Waals surface area contributed by atoms with E-state index < -0.39 is 0 Å². The Hall–Kier alpha value is -1.04. The van der Waals surface area contributed by atoms with Crippen LogP contribution in [0.3, 0.4) is 0 Å². The molecule has 2 amide bonds. The van der Waals surface area contributed by atoms with E-state index >= 15 is 0 Å². The maximum atomic E-state index is 11.6. The van der Waals surface area contributed by atoms with Crippen molar-refractivity contribution in [3.05, 3.63) is 0 Å². The third-order valence-electron chi connectivity index (χ3n) is 1.98. The molecule has 1 saturated heterocycles. The van der Waals surface area contributed by atoms with Crippen LogP contribution in [0, 0.1) is 0 Å². The van der Waals surface area contributed by atoms with Gasteiger partial charge in [-0.25, -0.2) is 0 Å². The van der Waals surface area contributed by atoms with E-state index in [2.05, 4.69) is 10.3 Å². The van der Waals surface area contributed by atoms with Gasteiger partial charge in [0.15, 0.2) is 5.17 Å². The molecule has 5 nitrogen and oxygen atoms in total. The third-order valence-corrected chi connectivity index (χ3v) is 3.30. The number of nitrogens with zero attached hydrogens (tertiary/aromatic N) is 2. The summed E-state index contributed by atoms with van der Waals surface area (Å²) in [5, 5.41) is 2.85. The molecular formula is C8H13N3O2S. The summed E-state index contributed by atoms with van der Waals surface area (Å²) in [7, 11) is 4.86. The van der Waals surface area contributed by atoms with Crippen molar-refractivity contribution >= 4 is 28.7 Å². The van der Waals surface area contributed by atoms with E-state index in [1.165, 1.54) is 16.7 Å². The number of thioether (sulfide) groups is 1. The molecule has 0 aromatic carbocycles. The maximum Gasteiger partial charge on any atom is 0.242 e. The van der Waals surface area contributed by atoms with Crippen molar-refractivity contribution in [2.75, 3.05) is 21.1 Å². The first kappa shape index (κ1) is 11.0. The highest BCUT2D eigenvalue weighted by Gasteiger charge is 2.36. The predicted octanol–water partition coefficient (Wildman–Crippen LogP) is -0.318. The van der Waals surface area contributed by atoms with Crippen LogP contribution in [-0.4, -0.2) is 48.3 Å². The summed E-state index contributed by atoms with van der Waals surface area (Å²) in [6.45, 7) is 0. The van der Waals surface area contributed by atoms with Gasteiger partial charge in [0.25, 0.3) is 0 Å². The van der Waals surface area contributed by atoms with E-state index in [-0.39, 0.29) is 23.5 Å². The summed E-state index contributed by atoms with van der Waals surface area (Å²) in [4.78, 5) is 28.1. The largest absolute Gasteiger partial charge is 0.359 e. The standard InChI is InChI=1S/C8H13N3O2S/c1-9-6(12)4-5-7(13)11(3)8(10-2)14-5/h5H,4H2,1-3H3,(H,9,12). The quantitative estimate of drug-likeness (QED) is 0.687. The van der Waals surface area contributed by atoms with Gasteiger partial charge in [0.2, 0.25) is 11.8 Å². The molecule has 1 unspecified atom stereocenters. The van der Waals surface area contributed by atoms with E-state index in [0.717, 1.165) is 0 Å². The van der Waals surface area contributed by atoms with Crippen LogP contribution >= 0.6 is 11.8 Å². The fourth-order valence-corrected chi connectivity index (χ4v) is 2.27. The van der Waals surface area contributed by atoms with E-state index in [0.29, 0.717) is 5.17 Å². The Morgan fingerprint density at radius 2 is 2.36 bits per heavy atom. The summed E-state index contributed by atoms with van der Waals surface area (Å²) in [6, 6.07) is 0. The number of amides is 2. The first-order valence-electron chi connectivity index (χ1n) is 4.21. The molecule has 0 aliphatic carbocycles. The predicted molar refractivity (Wildman–Crippen MR) is 56.2 cm³/mol. The van der Waals surface area contributed by atoms with Crippen molar-refractivity contribution in [2.24, 2.45) is 4.99 Å². The lowest BCUT2D eigenvalue weighted by atomic mass is 10.2. The van der Waals surface area contributed by atoms with E-state index in [9.17, 15) is 9.59 Å². The first-order chi connectivity index (χ1) is 6.60. The molecule has 1 fully saturated rings. The zero-order valence-corrected chi connectivity index (χ0v) is 9.22. The maximum absolute atomic E-state index is 11.6. The Bertz CT molecular complexity index is 290. The second kappa shape index (κ2) is 4.45. The summed E-state index contributed by atoms with van der Waals surface area (Å²) < 4.78 is 0. The van der Waals surface area contributed by atoms with Crippen molar-refractivity contribution in [1.29, 1.82) is 0 Å². The number of nitrogens with one attached hydrogen (secondary N) is 1. The van der Waals surface area contributed by atoms with Gasteiger partial charge < -0.3 is 5.32 Å². The van der Waals surface area contributed by atoms with Crippen LogP contribution in [0.5, 0.6) is 0 Å². The molecule has 0 bridgehead atoms. The first-order valence-corrected chi connectivity index (χ1v) is 5.09. The number of aliphatic imine (C=N–C) groups is 1. The average molecular weight is 215 g/mol. The molecule has 0 aromatic heterocycles. The topological polar surface area (TPSA) is 61.8 Å². The summed E-state index contributed by atoms with van der Waals surface area (Å²) in [5.41, 5.74) is 0. The SMILES string of the molecule is CN=C1SC(CC(=O)NC)C(=O)N1C. The Kier molecular flexibility index (Phi) is 3.51. The highest BCUT2D eigenvalue weighted by Crippen LogP contribution is 2.27. The van der Waals surface area contributed by atoms with Crippen LogP contribution < -0.4 is 5.32 Å².